The van der Waals surface area contributed by atoms with Gasteiger partial charge in [-0.25, -0.2) is 14.8 Å². The molecular formula is C18H17N7O. The number of hydrogen-bond acceptors (Lipinski definition) is 5. The summed E-state index contributed by atoms with van der Waals surface area (Å²) in [6.45, 7) is 2.23. The van der Waals surface area contributed by atoms with Gasteiger partial charge >= 0.3 is 6.03 Å². The monoisotopic (exact) mass is 347 g/mol. The van der Waals surface area contributed by atoms with Crippen molar-refractivity contribution >= 4 is 28.8 Å². The van der Waals surface area contributed by atoms with E-state index in [9.17, 15) is 4.79 Å². The van der Waals surface area contributed by atoms with Gasteiger partial charge in [-0.1, -0.05) is 12.1 Å². The van der Waals surface area contributed by atoms with Crippen molar-refractivity contribution in [2.75, 3.05) is 29.9 Å². The second-order valence-corrected chi connectivity index (χ2v) is 5.87. The van der Waals surface area contributed by atoms with Crippen LogP contribution in [0.15, 0.2) is 42.6 Å². The molecule has 0 spiro atoms. The van der Waals surface area contributed by atoms with Crippen LogP contribution in [-0.2, 0) is 6.54 Å². The number of imidazole rings is 1. The minimum atomic E-state index is -0.178. The number of hydrogen-bond donors (Lipinski definition) is 2. The molecule has 0 unspecified atom stereocenters. The molecule has 0 aliphatic carbocycles. The normalized spacial score (nSPS) is 12.7. The molecule has 1 aliphatic heterocycles. The Morgan fingerprint density at radius 2 is 2.08 bits per heavy atom. The molecule has 4 rings (SSSR count). The SMILES string of the molecule is N#Cc1cccnc1NCCNC(=O)N1CCn2c1nc1ccccc12. The van der Waals surface area contributed by atoms with Gasteiger partial charge in [-0.3, -0.25) is 4.90 Å². The number of fused-ring (bicyclic) bond motifs is 3. The summed E-state index contributed by atoms with van der Waals surface area (Å²) in [5.74, 6) is 1.19. The summed E-state index contributed by atoms with van der Waals surface area (Å²) in [5.41, 5.74) is 2.41. The quantitative estimate of drug-likeness (QED) is 0.703. The smallest absolute Gasteiger partial charge is 0.324 e. The fourth-order valence-corrected chi connectivity index (χ4v) is 3.06. The van der Waals surface area contributed by atoms with Gasteiger partial charge in [0.2, 0.25) is 5.95 Å². The summed E-state index contributed by atoms with van der Waals surface area (Å²) in [7, 11) is 0. The summed E-state index contributed by atoms with van der Waals surface area (Å²) in [6.07, 6.45) is 1.62. The third-order valence-corrected chi connectivity index (χ3v) is 4.29. The topological polar surface area (TPSA) is 98.9 Å². The predicted molar refractivity (Wildman–Crippen MR) is 97.9 cm³/mol. The average Bonchev–Trinajstić information content (AvgIpc) is 3.24. The Labute approximate surface area is 150 Å². The Morgan fingerprint density at radius 3 is 2.96 bits per heavy atom. The number of nitrogens with zero attached hydrogens (tertiary/aromatic N) is 5. The van der Waals surface area contributed by atoms with E-state index in [0.717, 1.165) is 17.6 Å². The average molecular weight is 347 g/mol. The van der Waals surface area contributed by atoms with E-state index in [4.69, 9.17) is 5.26 Å². The number of amides is 2. The summed E-state index contributed by atoms with van der Waals surface area (Å²) in [4.78, 5) is 22.8. The minimum absolute atomic E-state index is 0.178. The number of nitriles is 1. The molecule has 2 amide bonds. The predicted octanol–water partition coefficient (Wildman–Crippen LogP) is 1.94. The molecule has 2 N–H and O–H groups in total. The van der Waals surface area contributed by atoms with Crippen molar-refractivity contribution in [2.24, 2.45) is 0 Å². The molecule has 1 aromatic carbocycles. The molecule has 8 heteroatoms. The van der Waals surface area contributed by atoms with E-state index in [1.54, 1.807) is 23.2 Å². The number of aromatic nitrogens is 3. The van der Waals surface area contributed by atoms with Crippen LogP contribution in [0.2, 0.25) is 0 Å². The third kappa shape index (κ3) is 2.80. The Kier molecular flexibility index (Phi) is 4.11. The largest absolute Gasteiger partial charge is 0.367 e. The zero-order chi connectivity index (χ0) is 17.9. The zero-order valence-electron chi connectivity index (χ0n) is 14.0. The number of rotatable bonds is 4. The highest BCUT2D eigenvalue weighted by Crippen LogP contribution is 2.26. The first-order valence-electron chi connectivity index (χ1n) is 8.37. The van der Waals surface area contributed by atoms with Gasteiger partial charge in [-0.15, -0.1) is 0 Å². The number of carbonyl (C=O) groups is 1. The summed E-state index contributed by atoms with van der Waals surface area (Å²) >= 11 is 0. The maximum atomic E-state index is 12.5. The lowest BCUT2D eigenvalue weighted by Gasteiger charge is -2.15. The molecule has 0 saturated carbocycles. The van der Waals surface area contributed by atoms with E-state index in [2.05, 4.69) is 31.2 Å². The molecule has 0 bridgehead atoms. The van der Waals surface area contributed by atoms with Crippen LogP contribution in [0, 0.1) is 11.3 Å². The lowest BCUT2D eigenvalue weighted by atomic mass is 10.3. The zero-order valence-corrected chi connectivity index (χ0v) is 14.0. The molecule has 130 valence electrons. The highest BCUT2D eigenvalue weighted by atomic mass is 16.2. The molecule has 0 radical (unpaired) electrons. The maximum absolute atomic E-state index is 12.5. The van der Waals surface area contributed by atoms with Crippen LogP contribution in [0.3, 0.4) is 0 Å². The van der Waals surface area contributed by atoms with Crippen molar-refractivity contribution in [3.8, 4) is 6.07 Å². The van der Waals surface area contributed by atoms with Gasteiger partial charge < -0.3 is 15.2 Å². The second kappa shape index (κ2) is 6.72. The van der Waals surface area contributed by atoms with Crippen molar-refractivity contribution in [2.45, 2.75) is 6.54 Å². The van der Waals surface area contributed by atoms with Crippen molar-refractivity contribution in [1.82, 2.24) is 19.9 Å². The van der Waals surface area contributed by atoms with Gasteiger partial charge in [0.1, 0.15) is 11.9 Å². The van der Waals surface area contributed by atoms with Gasteiger partial charge in [-0.05, 0) is 24.3 Å². The van der Waals surface area contributed by atoms with E-state index in [1.807, 2.05) is 24.3 Å². The number of anilines is 2. The van der Waals surface area contributed by atoms with Gasteiger partial charge in [-0.2, -0.15) is 5.26 Å². The molecule has 3 heterocycles. The second-order valence-electron chi connectivity index (χ2n) is 5.87. The van der Waals surface area contributed by atoms with Gasteiger partial charge in [0, 0.05) is 32.4 Å². The van der Waals surface area contributed by atoms with E-state index in [0.29, 0.717) is 37.0 Å². The number of para-hydroxylation sites is 2. The van der Waals surface area contributed by atoms with Crippen LogP contribution in [-0.4, -0.2) is 40.2 Å². The Hall–Kier alpha value is -3.60. The number of urea groups is 1. The minimum Gasteiger partial charge on any atom is -0.367 e. The Morgan fingerprint density at radius 1 is 1.19 bits per heavy atom. The summed E-state index contributed by atoms with van der Waals surface area (Å²) in [6, 6.07) is 13.2. The number of carbonyl (C=O) groups excluding carboxylic acids is 1. The van der Waals surface area contributed by atoms with E-state index >= 15 is 0 Å². The standard InChI is InChI=1S/C18H17N7O/c19-12-13-4-3-7-20-16(13)21-8-9-22-18(26)25-11-10-24-15-6-2-1-5-14(15)23-17(24)25/h1-7H,8-11H2,(H,20,21)(H,22,26). The molecule has 0 fully saturated rings. The number of benzene rings is 1. The first-order chi connectivity index (χ1) is 12.8. The lowest BCUT2D eigenvalue weighted by molar-refractivity contribution is 0.247. The number of pyridine rings is 1. The molecule has 2 aromatic heterocycles. The summed E-state index contributed by atoms with van der Waals surface area (Å²) < 4.78 is 2.06. The van der Waals surface area contributed by atoms with Crippen molar-refractivity contribution in [1.29, 1.82) is 5.26 Å². The van der Waals surface area contributed by atoms with Crippen molar-refractivity contribution < 1.29 is 4.79 Å². The van der Waals surface area contributed by atoms with Crippen molar-refractivity contribution in [3.05, 3.63) is 48.2 Å². The van der Waals surface area contributed by atoms with Crippen LogP contribution in [0.25, 0.3) is 11.0 Å². The fraction of sp³-hybridized carbons (Fsp3) is 0.222. The van der Waals surface area contributed by atoms with Crippen LogP contribution >= 0.6 is 0 Å². The first kappa shape index (κ1) is 15.9. The lowest BCUT2D eigenvalue weighted by Crippen LogP contribution is -2.41. The van der Waals surface area contributed by atoms with E-state index in [1.165, 1.54) is 0 Å². The van der Waals surface area contributed by atoms with E-state index < -0.39 is 0 Å². The molecule has 0 saturated heterocycles. The van der Waals surface area contributed by atoms with Gasteiger partial charge in [0.25, 0.3) is 0 Å². The molecule has 1 aliphatic rings. The highest BCUT2D eigenvalue weighted by molar-refractivity contribution is 5.93. The van der Waals surface area contributed by atoms with Crippen LogP contribution in [0.5, 0.6) is 0 Å². The van der Waals surface area contributed by atoms with Gasteiger partial charge in [0.05, 0.1) is 16.6 Å². The van der Waals surface area contributed by atoms with E-state index in [-0.39, 0.29) is 6.03 Å². The highest BCUT2D eigenvalue weighted by Gasteiger charge is 2.27. The van der Waals surface area contributed by atoms with Crippen LogP contribution in [0.1, 0.15) is 5.56 Å². The molecule has 8 nitrogen and oxygen atoms in total. The van der Waals surface area contributed by atoms with Crippen molar-refractivity contribution in [3.63, 3.8) is 0 Å². The summed E-state index contributed by atoms with van der Waals surface area (Å²) in [5, 5.41) is 15.0. The molecule has 0 atom stereocenters. The molecule has 26 heavy (non-hydrogen) atoms. The number of nitrogens with one attached hydrogen (secondary N) is 2. The first-order valence-corrected chi connectivity index (χ1v) is 8.37. The fourth-order valence-electron chi connectivity index (χ4n) is 3.06. The van der Waals surface area contributed by atoms with Crippen LogP contribution in [0.4, 0.5) is 16.6 Å². The molecule has 3 aromatic rings. The molecular weight excluding hydrogens is 330 g/mol. The maximum Gasteiger partial charge on any atom is 0.324 e. The third-order valence-electron chi connectivity index (χ3n) is 4.29. The van der Waals surface area contributed by atoms with Crippen LogP contribution < -0.4 is 15.5 Å². The van der Waals surface area contributed by atoms with Gasteiger partial charge in [0.15, 0.2) is 0 Å². The Balaban J connectivity index is 1.36. The Bertz CT molecular complexity index is 1000.